The van der Waals surface area contributed by atoms with Gasteiger partial charge in [0, 0.05) is 56.3 Å². The second-order valence-electron chi connectivity index (χ2n) is 8.52. The zero-order valence-corrected chi connectivity index (χ0v) is 16.9. The van der Waals surface area contributed by atoms with Crippen LogP contribution in [-0.2, 0) is 11.8 Å². The minimum Gasteiger partial charge on any atom is -0.337 e. The van der Waals surface area contributed by atoms with Crippen LogP contribution in [0.2, 0.25) is 0 Å². The molecule has 2 aromatic heterocycles. The molecule has 29 heavy (non-hydrogen) atoms. The van der Waals surface area contributed by atoms with Crippen molar-refractivity contribution >= 4 is 11.9 Å². The number of carbonyl (C=O) groups is 1. The van der Waals surface area contributed by atoms with Crippen molar-refractivity contribution in [2.24, 2.45) is 13.0 Å². The highest BCUT2D eigenvalue weighted by Crippen LogP contribution is 2.43. The van der Waals surface area contributed by atoms with E-state index in [2.05, 4.69) is 23.0 Å². The van der Waals surface area contributed by atoms with Crippen molar-refractivity contribution in [2.75, 3.05) is 24.5 Å². The molecular weight excluding hydrogens is 366 g/mol. The van der Waals surface area contributed by atoms with Crippen molar-refractivity contribution in [3.05, 3.63) is 23.7 Å². The second-order valence-corrected chi connectivity index (χ2v) is 8.52. The summed E-state index contributed by atoms with van der Waals surface area (Å²) in [5.74, 6) is 1.55. The maximum Gasteiger partial charge on any atom is 0.226 e. The standard InChI is InChI=1S/C21H25N7O/c1-13-11-27(7-8-28(13)20(29)15-5-6-15)21-24-18(14-3-4-14)17(9-22)19(25-21)16-10-23-26(2)12-16/h10,12-15H,3-8,11H2,1-2H3/t13-/m1/s1. The van der Waals surface area contributed by atoms with E-state index in [-0.39, 0.29) is 12.0 Å². The molecule has 1 saturated heterocycles. The molecule has 3 heterocycles. The largest absolute Gasteiger partial charge is 0.337 e. The number of nitriles is 1. The van der Waals surface area contributed by atoms with Gasteiger partial charge < -0.3 is 9.80 Å². The van der Waals surface area contributed by atoms with Crippen molar-refractivity contribution < 1.29 is 4.79 Å². The third-order valence-electron chi connectivity index (χ3n) is 6.10. The quantitative estimate of drug-likeness (QED) is 0.792. The zero-order chi connectivity index (χ0) is 20.1. The van der Waals surface area contributed by atoms with E-state index >= 15 is 0 Å². The summed E-state index contributed by atoms with van der Waals surface area (Å²) < 4.78 is 1.72. The number of anilines is 1. The number of aromatic nitrogens is 4. The van der Waals surface area contributed by atoms with Gasteiger partial charge >= 0.3 is 0 Å². The first-order valence-electron chi connectivity index (χ1n) is 10.4. The van der Waals surface area contributed by atoms with Crippen LogP contribution in [0.1, 0.15) is 49.8 Å². The Morgan fingerprint density at radius 3 is 2.59 bits per heavy atom. The first kappa shape index (κ1) is 18.1. The molecule has 0 bridgehead atoms. The Morgan fingerprint density at radius 2 is 2.00 bits per heavy atom. The molecule has 0 spiro atoms. The van der Waals surface area contributed by atoms with E-state index in [0.29, 0.717) is 48.7 Å². The molecule has 5 rings (SSSR count). The number of aryl methyl sites for hydroxylation is 1. The van der Waals surface area contributed by atoms with Crippen molar-refractivity contribution in [3.63, 3.8) is 0 Å². The van der Waals surface area contributed by atoms with Crippen LogP contribution in [0.3, 0.4) is 0 Å². The molecule has 150 valence electrons. The summed E-state index contributed by atoms with van der Waals surface area (Å²) in [4.78, 5) is 26.3. The maximum atomic E-state index is 12.5. The van der Waals surface area contributed by atoms with Crippen LogP contribution < -0.4 is 4.90 Å². The predicted molar refractivity (Wildman–Crippen MR) is 107 cm³/mol. The highest BCUT2D eigenvalue weighted by Gasteiger charge is 2.38. The lowest BCUT2D eigenvalue weighted by atomic mass is 10.1. The number of carbonyl (C=O) groups excluding carboxylic acids is 1. The molecule has 8 nitrogen and oxygen atoms in total. The van der Waals surface area contributed by atoms with E-state index < -0.39 is 0 Å². The zero-order valence-electron chi connectivity index (χ0n) is 16.9. The Labute approximate surface area is 170 Å². The fraction of sp³-hybridized carbons (Fsp3) is 0.571. The first-order chi connectivity index (χ1) is 14.0. The number of hydrogen-bond donors (Lipinski definition) is 0. The van der Waals surface area contributed by atoms with Gasteiger partial charge in [0.05, 0.1) is 17.6 Å². The minimum absolute atomic E-state index is 0.127. The SMILES string of the molecule is C[C@@H]1CN(c2nc(-c3cnn(C)c3)c(C#N)c(C3CC3)n2)CCN1C(=O)C1CC1. The van der Waals surface area contributed by atoms with E-state index in [0.717, 1.165) is 36.9 Å². The molecule has 0 unspecified atom stereocenters. The molecule has 1 atom stereocenters. The molecule has 8 heteroatoms. The van der Waals surface area contributed by atoms with Gasteiger partial charge in [0.1, 0.15) is 11.6 Å². The lowest BCUT2D eigenvalue weighted by Crippen LogP contribution is -2.55. The number of rotatable bonds is 4. The number of nitrogens with zero attached hydrogens (tertiary/aromatic N) is 7. The van der Waals surface area contributed by atoms with Gasteiger partial charge in [0.2, 0.25) is 11.9 Å². The molecule has 2 aliphatic carbocycles. The topological polar surface area (TPSA) is 90.9 Å². The third kappa shape index (κ3) is 3.35. The van der Waals surface area contributed by atoms with E-state index in [1.54, 1.807) is 10.9 Å². The smallest absolute Gasteiger partial charge is 0.226 e. The summed E-state index contributed by atoms with van der Waals surface area (Å²) in [6.45, 7) is 4.22. The highest BCUT2D eigenvalue weighted by atomic mass is 16.2. The van der Waals surface area contributed by atoms with Gasteiger partial charge in [-0.25, -0.2) is 9.97 Å². The van der Waals surface area contributed by atoms with Crippen molar-refractivity contribution in [2.45, 2.75) is 44.6 Å². The number of piperazine rings is 1. The fourth-order valence-corrected chi connectivity index (χ4v) is 4.15. The highest BCUT2D eigenvalue weighted by molar-refractivity contribution is 5.81. The summed E-state index contributed by atoms with van der Waals surface area (Å²) in [5.41, 5.74) is 2.93. The summed E-state index contributed by atoms with van der Waals surface area (Å²) >= 11 is 0. The Morgan fingerprint density at radius 1 is 1.21 bits per heavy atom. The lowest BCUT2D eigenvalue weighted by molar-refractivity contribution is -0.134. The average molecular weight is 391 g/mol. The molecule has 2 aromatic rings. The summed E-state index contributed by atoms with van der Waals surface area (Å²) in [6.07, 6.45) is 7.83. The normalized spacial score (nSPS) is 21.9. The van der Waals surface area contributed by atoms with Crippen LogP contribution in [0.5, 0.6) is 0 Å². The van der Waals surface area contributed by atoms with Gasteiger partial charge in [-0.05, 0) is 32.6 Å². The molecule has 0 N–H and O–H groups in total. The fourth-order valence-electron chi connectivity index (χ4n) is 4.15. The molecule has 3 aliphatic rings. The molecule has 3 fully saturated rings. The van der Waals surface area contributed by atoms with Gasteiger partial charge in [-0.15, -0.1) is 0 Å². The van der Waals surface area contributed by atoms with Gasteiger partial charge in [-0.1, -0.05) is 0 Å². The van der Waals surface area contributed by atoms with Crippen LogP contribution in [-0.4, -0.2) is 56.2 Å². The molecule has 0 aromatic carbocycles. The van der Waals surface area contributed by atoms with Gasteiger partial charge in [-0.3, -0.25) is 9.48 Å². The molecule has 0 radical (unpaired) electrons. The van der Waals surface area contributed by atoms with Crippen LogP contribution in [0, 0.1) is 17.2 Å². The van der Waals surface area contributed by atoms with Crippen molar-refractivity contribution in [3.8, 4) is 17.3 Å². The van der Waals surface area contributed by atoms with Crippen molar-refractivity contribution in [1.82, 2.24) is 24.6 Å². The van der Waals surface area contributed by atoms with Gasteiger partial charge in [0.25, 0.3) is 0 Å². The summed E-state index contributed by atoms with van der Waals surface area (Å²) in [5, 5.41) is 14.1. The predicted octanol–water partition coefficient (Wildman–Crippen LogP) is 2.07. The number of amides is 1. The van der Waals surface area contributed by atoms with Crippen LogP contribution in [0.15, 0.2) is 12.4 Å². The minimum atomic E-state index is 0.127. The molecule has 2 saturated carbocycles. The Hall–Kier alpha value is -2.95. The van der Waals surface area contributed by atoms with Crippen LogP contribution in [0.25, 0.3) is 11.3 Å². The third-order valence-corrected chi connectivity index (χ3v) is 6.10. The Bertz CT molecular complexity index is 999. The second kappa shape index (κ2) is 6.83. The summed E-state index contributed by atoms with van der Waals surface area (Å²) in [7, 11) is 1.86. The van der Waals surface area contributed by atoms with Gasteiger partial charge in [-0.2, -0.15) is 10.4 Å². The monoisotopic (exact) mass is 391 g/mol. The Kier molecular flexibility index (Phi) is 4.26. The van der Waals surface area contributed by atoms with E-state index in [1.165, 1.54) is 0 Å². The number of hydrogen-bond acceptors (Lipinski definition) is 6. The van der Waals surface area contributed by atoms with E-state index in [1.807, 2.05) is 18.1 Å². The molecule has 1 aliphatic heterocycles. The van der Waals surface area contributed by atoms with E-state index in [4.69, 9.17) is 9.97 Å². The van der Waals surface area contributed by atoms with Crippen LogP contribution >= 0.6 is 0 Å². The van der Waals surface area contributed by atoms with E-state index in [9.17, 15) is 10.1 Å². The Balaban J connectivity index is 1.48. The molecular formula is C21H25N7O. The molecule has 1 amide bonds. The maximum absolute atomic E-state index is 12.5. The average Bonchev–Trinajstić information content (AvgIpc) is 3.64. The summed E-state index contributed by atoms with van der Waals surface area (Å²) in [6, 6.07) is 2.47. The van der Waals surface area contributed by atoms with Gasteiger partial charge in [0.15, 0.2) is 0 Å². The van der Waals surface area contributed by atoms with Crippen LogP contribution in [0.4, 0.5) is 5.95 Å². The first-order valence-corrected chi connectivity index (χ1v) is 10.4. The lowest BCUT2D eigenvalue weighted by Gasteiger charge is -2.40. The van der Waals surface area contributed by atoms with Crippen molar-refractivity contribution in [1.29, 1.82) is 5.26 Å².